The third kappa shape index (κ3) is 3.52. The van der Waals surface area contributed by atoms with Crippen LogP contribution in [0.1, 0.15) is 11.1 Å². The smallest absolute Gasteiger partial charge is 0 e. The molecular formula is C14H10NOVW-. The predicted molar refractivity (Wildman–Crippen MR) is 64.2 cm³/mol. The molecule has 4 heteroatoms. The van der Waals surface area contributed by atoms with Crippen LogP contribution in [0.4, 0.5) is 0 Å². The second kappa shape index (κ2) is 6.84. The molecule has 0 aliphatic rings. The van der Waals surface area contributed by atoms with Gasteiger partial charge in [0, 0.05) is 21.1 Å². The summed E-state index contributed by atoms with van der Waals surface area (Å²) in [6.07, 6.45) is 3.42. The Morgan fingerprint density at radius 3 is 2.11 bits per heavy atom. The van der Waals surface area contributed by atoms with Gasteiger partial charge in [0.2, 0.25) is 0 Å². The average molecular weight is 443 g/mol. The van der Waals surface area contributed by atoms with E-state index in [-0.39, 0.29) is 26.8 Å². The van der Waals surface area contributed by atoms with Crippen LogP contribution in [0.3, 0.4) is 0 Å². The predicted octanol–water partition coefficient (Wildman–Crippen LogP) is 2.37. The van der Waals surface area contributed by atoms with Crippen LogP contribution in [0, 0.1) is 6.58 Å². The van der Waals surface area contributed by atoms with Gasteiger partial charge in [0.05, 0.1) is 0 Å². The fourth-order valence-electron chi connectivity index (χ4n) is 1.44. The van der Waals surface area contributed by atoms with Gasteiger partial charge in [0.25, 0.3) is 0 Å². The summed E-state index contributed by atoms with van der Waals surface area (Å²) in [5, 5.41) is 9.23. The summed E-state index contributed by atoms with van der Waals surface area (Å²) in [5.74, 6) is 0.247. The molecule has 0 bridgehead atoms. The van der Waals surface area contributed by atoms with E-state index in [9.17, 15) is 5.11 Å². The SMILES string of the molecule is [CH-]=C([C](=[V])c1ccc(O)cc1)c1ccncc1.[W]. The van der Waals surface area contributed by atoms with Gasteiger partial charge in [0.15, 0.2) is 0 Å². The Bertz CT molecular complexity index is 552. The monoisotopic (exact) mass is 443 g/mol. The van der Waals surface area contributed by atoms with Gasteiger partial charge in [-0.3, -0.25) is 0 Å². The number of rotatable bonds is 3. The molecule has 18 heavy (non-hydrogen) atoms. The van der Waals surface area contributed by atoms with Gasteiger partial charge in [-0.25, -0.2) is 0 Å². The van der Waals surface area contributed by atoms with Gasteiger partial charge < -0.3 is 0 Å². The van der Waals surface area contributed by atoms with Crippen LogP contribution in [0.2, 0.25) is 0 Å². The molecule has 1 heterocycles. The molecular weight excluding hydrogens is 433 g/mol. The van der Waals surface area contributed by atoms with Crippen molar-refractivity contribution in [2.75, 3.05) is 0 Å². The molecule has 0 unspecified atom stereocenters. The molecule has 2 aromatic rings. The van der Waals surface area contributed by atoms with Gasteiger partial charge in [0.1, 0.15) is 0 Å². The van der Waals surface area contributed by atoms with E-state index < -0.39 is 0 Å². The number of aromatic nitrogens is 1. The van der Waals surface area contributed by atoms with Crippen molar-refractivity contribution in [3.05, 3.63) is 66.5 Å². The fraction of sp³-hybridized carbons (Fsp3) is 0. The number of allylic oxidation sites excluding steroid dienone is 1. The molecule has 1 aromatic carbocycles. The molecule has 0 fully saturated rings. The zero-order valence-electron chi connectivity index (χ0n) is 9.45. The minimum atomic E-state index is 0. The quantitative estimate of drug-likeness (QED) is 0.740. The molecule has 89 valence electrons. The molecule has 0 saturated carbocycles. The Balaban J connectivity index is 0.00000162. The average Bonchev–Trinajstić information content (AvgIpc) is 2.39. The standard InChI is InChI=1S/C14H10NO.V.W/c1-11(13-6-8-15-9-7-13)10-12-2-4-14(16)5-3-12;;/h1-9,16H;;/q-1;;. The third-order valence-electron chi connectivity index (χ3n) is 2.39. The van der Waals surface area contributed by atoms with E-state index in [1.165, 1.54) is 0 Å². The maximum atomic E-state index is 9.23. The van der Waals surface area contributed by atoms with Crippen molar-refractivity contribution >= 4 is 9.80 Å². The number of phenolic OH excluding ortho intramolecular Hbond substituents is 1. The van der Waals surface area contributed by atoms with Crippen LogP contribution < -0.4 is 0 Å². The molecule has 2 rings (SSSR count). The van der Waals surface area contributed by atoms with E-state index in [0.717, 1.165) is 15.4 Å². The minimum absolute atomic E-state index is 0. The summed E-state index contributed by atoms with van der Waals surface area (Å²) in [6, 6.07) is 10.7. The van der Waals surface area contributed by atoms with E-state index in [1.54, 1.807) is 24.5 Å². The van der Waals surface area contributed by atoms with Crippen LogP contribution >= 0.6 is 0 Å². The maximum absolute atomic E-state index is 9.23. The number of aromatic hydroxyl groups is 1. The number of hydrogen-bond acceptors (Lipinski definition) is 2. The van der Waals surface area contributed by atoms with Crippen LogP contribution in [-0.2, 0) is 38.0 Å². The second-order valence-corrected chi connectivity index (χ2v) is 4.24. The molecule has 0 amide bonds. The first-order valence-corrected chi connectivity index (χ1v) is 5.77. The Morgan fingerprint density at radius 2 is 1.56 bits per heavy atom. The second-order valence-electron chi connectivity index (χ2n) is 3.55. The van der Waals surface area contributed by atoms with Crippen molar-refractivity contribution in [1.82, 2.24) is 4.98 Å². The van der Waals surface area contributed by atoms with Crippen molar-refractivity contribution in [3.63, 3.8) is 0 Å². The molecule has 1 aromatic heterocycles. The van der Waals surface area contributed by atoms with E-state index in [1.807, 2.05) is 24.3 Å². The van der Waals surface area contributed by atoms with E-state index >= 15 is 0 Å². The summed E-state index contributed by atoms with van der Waals surface area (Å²) < 4.78 is 0.920. The molecule has 0 saturated heterocycles. The summed E-state index contributed by atoms with van der Waals surface area (Å²) in [7, 11) is 0. The summed E-state index contributed by atoms with van der Waals surface area (Å²) in [4.78, 5) is 3.96. The minimum Gasteiger partial charge on any atom is 0 e. The van der Waals surface area contributed by atoms with Crippen LogP contribution in [0.5, 0.6) is 5.75 Å². The van der Waals surface area contributed by atoms with E-state index in [0.29, 0.717) is 5.57 Å². The first-order valence-electron chi connectivity index (χ1n) is 5.07. The number of pyridine rings is 1. The zero-order chi connectivity index (χ0) is 12.3. The van der Waals surface area contributed by atoms with Gasteiger partial charge in [-0.2, -0.15) is 0 Å². The Kier molecular flexibility index (Phi) is 5.75. The number of hydrogen-bond donors (Lipinski definition) is 1. The normalized spacial score (nSPS) is 9.28. The Morgan fingerprint density at radius 1 is 1.00 bits per heavy atom. The molecule has 0 atom stereocenters. The molecule has 1 N–H and O–H groups in total. The fourth-order valence-corrected chi connectivity index (χ4v) is 1.88. The summed E-state index contributed by atoms with van der Waals surface area (Å²) in [5.41, 5.74) is 2.60. The van der Waals surface area contributed by atoms with Crippen molar-refractivity contribution < 1.29 is 43.2 Å². The van der Waals surface area contributed by atoms with Gasteiger partial charge in [-0.15, -0.1) is 0 Å². The van der Waals surface area contributed by atoms with Crippen LogP contribution in [0.15, 0.2) is 48.8 Å². The Labute approximate surface area is 130 Å². The summed E-state index contributed by atoms with van der Waals surface area (Å²) in [6.45, 7) is 6.08. The molecule has 0 spiro atoms. The topological polar surface area (TPSA) is 33.1 Å². The first-order chi connectivity index (χ1) is 8.18. The van der Waals surface area contributed by atoms with Gasteiger partial charge in [-0.05, 0) is 0 Å². The molecule has 0 radical (unpaired) electrons. The largest absolute Gasteiger partial charge is 0 e. The van der Waals surface area contributed by atoms with Gasteiger partial charge >= 0.3 is 109 Å². The van der Waals surface area contributed by atoms with E-state index in [2.05, 4.69) is 22.0 Å². The van der Waals surface area contributed by atoms with Crippen molar-refractivity contribution in [1.29, 1.82) is 0 Å². The number of nitrogens with zero attached hydrogens (tertiary/aromatic N) is 1. The zero-order valence-corrected chi connectivity index (χ0v) is 13.8. The first kappa shape index (κ1) is 15.1. The number of phenols is 1. The Hall–Kier alpha value is -0.947. The molecule has 0 aliphatic heterocycles. The van der Waals surface area contributed by atoms with Crippen molar-refractivity contribution in [2.24, 2.45) is 0 Å². The van der Waals surface area contributed by atoms with Crippen LogP contribution in [-0.4, -0.2) is 14.3 Å². The van der Waals surface area contributed by atoms with Crippen LogP contribution in [0.25, 0.3) is 5.57 Å². The third-order valence-corrected chi connectivity index (χ3v) is 3.17. The van der Waals surface area contributed by atoms with Crippen molar-refractivity contribution in [3.8, 4) is 5.75 Å². The molecule has 2 nitrogen and oxygen atoms in total. The van der Waals surface area contributed by atoms with Gasteiger partial charge in [-0.1, -0.05) is 0 Å². The molecule has 0 aliphatic carbocycles. The van der Waals surface area contributed by atoms with E-state index in [4.69, 9.17) is 6.58 Å². The number of benzene rings is 1. The maximum Gasteiger partial charge on any atom is 0 e. The summed E-state index contributed by atoms with van der Waals surface area (Å²) >= 11 is 2.46. The van der Waals surface area contributed by atoms with Crippen molar-refractivity contribution in [2.45, 2.75) is 0 Å².